The third-order valence-corrected chi connectivity index (χ3v) is 9.63. The maximum atomic E-state index is 12.5. The molecule has 0 fully saturated rings. The number of unbranched alkanes of at least 4 members (excludes halogenated alkanes) is 23. The first-order valence-corrected chi connectivity index (χ1v) is 21.7. The Kier molecular flexibility index (Phi) is 35.6. The smallest absolute Gasteiger partial charge is 0.306 e. The van der Waals surface area contributed by atoms with Crippen LogP contribution < -0.4 is 10.6 Å². The first kappa shape index (κ1) is 47.8. The molecule has 0 aliphatic carbocycles. The number of rotatable bonds is 38. The van der Waals surface area contributed by atoms with Crippen LogP contribution in [0.15, 0.2) is 12.2 Å². The maximum Gasteiger partial charge on any atom is 0.306 e. The average molecular weight is 718 g/mol. The van der Waals surface area contributed by atoms with Crippen molar-refractivity contribution in [3.63, 3.8) is 0 Å². The van der Waals surface area contributed by atoms with Gasteiger partial charge in [0, 0.05) is 12.8 Å². The maximum absolute atomic E-state index is 12.5. The fourth-order valence-electron chi connectivity index (χ4n) is 5.63. The van der Waals surface area contributed by atoms with Gasteiger partial charge in [-0.3, -0.25) is 14.2 Å². The van der Waals surface area contributed by atoms with E-state index in [2.05, 4.69) is 31.7 Å². The second-order valence-electron chi connectivity index (χ2n) is 13.6. The molecule has 9 nitrogen and oxygen atoms in total. The largest absolute Gasteiger partial charge is 0.756 e. The number of hydrogen-bond donors (Lipinski definition) is 1. The Morgan fingerprint density at radius 1 is 0.592 bits per heavy atom. The number of quaternary nitrogens is 1. The van der Waals surface area contributed by atoms with Crippen molar-refractivity contribution in [2.24, 2.45) is 0 Å². The third kappa shape index (κ3) is 36.3. The number of carbonyl (C=O) groups is 2. The van der Waals surface area contributed by atoms with E-state index in [1.54, 1.807) is 0 Å². The summed E-state index contributed by atoms with van der Waals surface area (Å²) in [6, 6.07) is 0. The van der Waals surface area contributed by atoms with Gasteiger partial charge in [0.2, 0.25) is 0 Å². The van der Waals surface area contributed by atoms with Crippen LogP contribution in [0.25, 0.3) is 0 Å². The summed E-state index contributed by atoms with van der Waals surface area (Å²) >= 11 is 0. The molecule has 290 valence electrons. The minimum absolute atomic E-state index is 0.102. The number of allylic oxidation sites excluding steroid dienone is 2. The molecule has 0 aromatic carbocycles. The van der Waals surface area contributed by atoms with E-state index >= 15 is 0 Å². The molecule has 0 amide bonds. The Bertz CT molecular complexity index is 825. The van der Waals surface area contributed by atoms with Gasteiger partial charge in [-0.25, -0.2) is 0 Å². The quantitative estimate of drug-likeness (QED) is 0.0288. The molecule has 0 aromatic rings. The number of hydrogen-bond acceptors (Lipinski definition) is 8. The molecular formula is C39H76NO8P. The van der Waals surface area contributed by atoms with Crippen molar-refractivity contribution < 1.29 is 43.3 Å². The molecule has 0 aliphatic rings. The van der Waals surface area contributed by atoms with Crippen LogP contribution in [0.1, 0.15) is 194 Å². The van der Waals surface area contributed by atoms with Gasteiger partial charge in [0.15, 0.2) is 6.10 Å². The summed E-state index contributed by atoms with van der Waals surface area (Å²) in [5.74, 6) is -0.849. The van der Waals surface area contributed by atoms with Crippen LogP contribution in [-0.4, -0.2) is 44.4 Å². The summed E-state index contributed by atoms with van der Waals surface area (Å²) in [5, 5.41) is 0. The first-order valence-electron chi connectivity index (χ1n) is 20.2. The molecule has 2 atom stereocenters. The minimum atomic E-state index is -4.58. The summed E-state index contributed by atoms with van der Waals surface area (Å²) in [6.45, 7) is 3.93. The monoisotopic (exact) mass is 718 g/mol. The molecule has 0 saturated carbocycles. The van der Waals surface area contributed by atoms with Crippen molar-refractivity contribution in [1.29, 1.82) is 0 Å². The van der Waals surface area contributed by atoms with E-state index in [1.165, 1.54) is 109 Å². The van der Waals surface area contributed by atoms with E-state index in [0.717, 1.165) is 51.4 Å². The number of carbonyl (C=O) groups excluding carboxylic acids is 2. The highest BCUT2D eigenvalue weighted by Gasteiger charge is 2.21. The molecule has 0 aliphatic heterocycles. The Labute approximate surface area is 300 Å². The lowest BCUT2D eigenvalue weighted by Crippen LogP contribution is -2.52. The van der Waals surface area contributed by atoms with Gasteiger partial charge in [-0.1, -0.05) is 154 Å². The molecule has 0 rings (SSSR count). The first-order chi connectivity index (χ1) is 23.8. The molecule has 0 heterocycles. The van der Waals surface area contributed by atoms with Gasteiger partial charge in [-0.05, 0) is 38.5 Å². The van der Waals surface area contributed by atoms with Gasteiger partial charge >= 0.3 is 11.9 Å². The molecule has 0 spiro atoms. The fourth-order valence-corrected chi connectivity index (χ4v) is 6.41. The molecule has 0 radical (unpaired) electrons. The van der Waals surface area contributed by atoms with Crippen molar-refractivity contribution in [3.05, 3.63) is 12.2 Å². The highest BCUT2D eigenvalue weighted by atomic mass is 31.2. The summed E-state index contributed by atoms with van der Waals surface area (Å²) < 4.78 is 32.4. The van der Waals surface area contributed by atoms with E-state index in [-0.39, 0.29) is 38.6 Å². The minimum Gasteiger partial charge on any atom is -0.756 e. The van der Waals surface area contributed by atoms with Gasteiger partial charge in [-0.2, -0.15) is 0 Å². The summed E-state index contributed by atoms with van der Waals surface area (Å²) in [4.78, 5) is 36.9. The Hall–Kier alpha value is -1.25. The van der Waals surface area contributed by atoms with Crippen molar-refractivity contribution in [2.75, 3.05) is 26.4 Å². The summed E-state index contributed by atoms with van der Waals surface area (Å²) in [7, 11) is -4.58. The van der Waals surface area contributed by atoms with Gasteiger partial charge in [-0.15, -0.1) is 0 Å². The van der Waals surface area contributed by atoms with Gasteiger partial charge in [0.25, 0.3) is 7.82 Å². The molecule has 3 N–H and O–H groups in total. The number of ether oxygens (including phenoxy) is 2. The zero-order chi connectivity index (χ0) is 36.1. The highest BCUT2D eigenvalue weighted by molar-refractivity contribution is 7.45. The third-order valence-electron chi connectivity index (χ3n) is 8.67. The molecule has 2 unspecified atom stereocenters. The predicted molar refractivity (Wildman–Crippen MR) is 198 cm³/mol. The second kappa shape index (κ2) is 36.5. The topological polar surface area (TPSA) is 139 Å². The van der Waals surface area contributed by atoms with E-state index in [9.17, 15) is 19.0 Å². The fraction of sp³-hybridized carbons (Fsp3) is 0.897. The van der Waals surface area contributed by atoms with Crippen molar-refractivity contribution in [1.82, 2.24) is 0 Å². The lowest BCUT2D eigenvalue weighted by molar-refractivity contribution is -0.373. The lowest BCUT2D eigenvalue weighted by Gasteiger charge is -2.25. The molecular weight excluding hydrogens is 641 g/mol. The van der Waals surface area contributed by atoms with Crippen LogP contribution in [-0.2, 0) is 32.7 Å². The number of phosphoric ester groups is 1. The van der Waals surface area contributed by atoms with Crippen molar-refractivity contribution in [3.8, 4) is 0 Å². The normalized spacial score (nSPS) is 13.5. The average Bonchev–Trinajstić information content (AvgIpc) is 3.08. The van der Waals surface area contributed by atoms with E-state index in [0.29, 0.717) is 6.42 Å². The molecule has 0 aromatic heterocycles. The standard InChI is InChI=1S/C39H76NO8P/c1-3-5-7-9-11-13-15-17-18-20-22-24-26-28-30-32-39(42)48-37(36-47-49(43,44)46-34-33-40)35-45-38(41)31-29-27-25-23-21-19-16-14-12-10-8-6-4-2/h17-18,37H,3-16,19-36,40H2,1-2H3,(H,43,44)/b18-17+. The lowest BCUT2D eigenvalue weighted by atomic mass is 10.0. The highest BCUT2D eigenvalue weighted by Crippen LogP contribution is 2.38. The zero-order valence-electron chi connectivity index (χ0n) is 31.8. The van der Waals surface area contributed by atoms with E-state index < -0.39 is 26.5 Å². The Balaban J connectivity index is 4.19. The van der Waals surface area contributed by atoms with Crippen molar-refractivity contribution >= 4 is 19.8 Å². The van der Waals surface area contributed by atoms with E-state index in [4.69, 9.17) is 18.5 Å². The molecule has 0 bridgehead atoms. The van der Waals surface area contributed by atoms with Gasteiger partial charge in [0.05, 0.1) is 13.2 Å². The van der Waals surface area contributed by atoms with Gasteiger partial charge in [0.1, 0.15) is 13.2 Å². The van der Waals surface area contributed by atoms with Crippen LogP contribution in [0.5, 0.6) is 0 Å². The van der Waals surface area contributed by atoms with Crippen LogP contribution in [0.3, 0.4) is 0 Å². The van der Waals surface area contributed by atoms with Crippen LogP contribution >= 0.6 is 7.82 Å². The Morgan fingerprint density at radius 3 is 1.45 bits per heavy atom. The molecule has 0 saturated heterocycles. The predicted octanol–water partition coefficient (Wildman–Crippen LogP) is 9.70. The molecule has 10 heteroatoms. The SMILES string of the molecule is CCCCCCCC/C=C/CCCCCCCC(=O)OC(COC(=O)CCCCCCCCCCCCCCC)COP(=O)([O-])OCC[NH3+]. The summed E-state index contributed by atoms with van der Waals surface area (Å²) in [5.41, 5.74) is 3.55. The van der Waals surface area contributed by atoms with Crippen molar-refractivity contribution in [2.45, 2.75) is 200 Å². The number of phosphoric acid groups is 1. The Morgan fingerprint density at radius 2 is 1.00 bits per heavy atom. The molecule has 49 heavy (non-hydrogen) atoms. The van der Waals surface area contributed by atoms with E-state index in [1.807, 2.05) is 0 Å². The summed E-state index contributed by atoms with van der Waals surface area (Å²) in [6.07, 6.45) is 35.1. The van der Waals surface area contributed by atoms with Crippen LogP contribution in [0.4, 0.5) is 0 Å². The van der Waals surface area contributed by atoms with Crippen LogP contribution in [0.2, 0.25) is 0 Å². The second-order valence-corrected chi connectivity index (χ2v) is 15.0. The van der Waals surface area contributed by atoms with Gasteiger partial charge < -0.3 is 29.1 Å². The number of esters is 2. The van der Waals surface area contributed by atoms with Crippen LogP contribution in [0, 0.1) is 0 Å². The zero-order valence-corrected chi connectivity index (χ0v) is 32.7.